The topological polar surface area (TPSA) is 84.8 Å². The third-order valence-corrected chi connectivity index (χ3v) is 2.91. The van der Waals surface area contributed by atoms with E-state index >= 15 is 0 Å². The van der Waals surface area contributed by atoms with Crippen molar-refractivity contribution in [2.75, 3.05) is 0 Å². The second-order valence-electron chi connectivity index (χ2n) is 4.51. The molecule has 0 amide bonds. The summed E-state index contributed by atoms with van der Waals surface area (Å²) in [5.41, 5.74) is 8.73. The zero-order valence-electron chi connectivity index (χ0n) is 11.4. The number of hydrogen-bond acceptors (Lipinski definition) is 4. The number of hydrogen-bond donors (Lipinski definition) is 2. The minimum absolute atomic E-state index is 0.142. The molecule has 0 aliphatic carbocycles. The van der Waals surface area contributed by atoms with Gasteiger partial charge >= 0.3 is 0 Å². The van der Waals surface area contributed by atoms with Gasteiger partial charge in [-0.25, -0.2) is 0 Å². The maximum atomic E-state index is 12.0. The van der Waals surface area contributed by atoms with E-state index < -0.39 is 0 Å². The molecule has 0 aliphatic heterocycles. The monoisotopic (exact) mass is 268 g/mol. The van der Waals surface area contributed by atoms with Crippen LogP contribution in [0.25, 0.3) is 11.3 Å². The van der Waals surface area contributed by atoms with Crippen molar-refractivity contribution in [3.63, 3.8) is 0 Å². The van der Waals surface area contributed by atoms with Gasteiger partial charge in [0, 0.05) is 47.2 Å². The van der Waals surface area contributed by atoms with Gasteiger partial charge in [-0.15, -0.1) is 0 Å². The zero-order chi connectivity index (χ0) is 14.7. The van der Waals surface area contributed by atoms with Gasteiger partial charge in [0.2, 0.25) is 0 Å². The molecule has 102 valence electrons. The van der Waals surface area contributed by atoms with Crippen molar-refractivity contribution in [3.05, 3.63) is 64.5 Å². The first kappa shape index (κ1) is 13.7. The third kappa shape index (κ3) is 2.66. The average Bonchev–Trinajstić information content (AvgIpc) is 2.41. The lowest BCUT2D eigenvalue weighted by molar-refractivity contribution is 0.979. The molecule has 0 unspecified atom stereocenters. The molecule has 5 heteroatoms. The first-order chi connectivity index (χ1) is 9.50. The number of nitrogens with one attached hydrogen (secondary N) is 1. The van der Waals surface area contributed by atoms with Gasteiger partial charge in [-0.3, -0.25) is 14.3 Å². The number of pyridine rings is 2. The van der Waals surface area contributed by atoms with Crippen molar-refractivity contribution in [3.8, 4) is 5.69 Å². The van der Waals surface area contributed by atoms with Crippen LogP contribution in [0.1, 0.15) is 19.4 Å². The van der Waals surface area contributed by atoms with Gasteiger partial charge in [0.25, 0.3) is 5.56 Å². The molecular weight excluding hydrogens is 252 g/mol. The molecule has 2 heterocycles. The van der Waals surface area contributed by atoms with Crippen LogP contribution in [0.15, 0.2) is 53.3 Å². The van der Waals surface area contributed by atoms with Crippen molar-refractivity contribution in [2.24, 2.45) is 5.73 Å². The predicted molar refractivity (Wildman–Crippen MR) is 80.0 cm³/mol. The van der Waals surface area contributed by atoms with Crippen LogP contribution in [-0.2, 0) is 0 Å². The number of nitrogens with two attached hydrogens (primary N) is 1. The fraction of sp³-hybridized carbons (Fsp3) is 0.133. The molecule has 0 fully saturated rings. The Balaban J connectivity index is 2.64. The fourth-order valence-electron chi connectivity index (χ4n) is 2.08. The maximum absolute atomic E-state index is 12.0. The van der Waals surface area contributed by atoms with E-state index in [1.165, 1.54) is 10.6 Å². The van der Waals surface area contributed by atoms with E-state index in [0.717, 1.165) is 11.3 Å². The van der Waals surface area contributed by atoms with Crippen LogP contribution in [0.5, 0.6) is 0 Å². The summed E-state index contributed by atoms with van der Waals surface area (Å²) in [7, 11) is 0. The summed E-state index contributed by atoms with van der Waals surface area (Å²) in [5, 5.41) is 7.81. The van der Waals surface area contributed by atoms with Gasteiger partial charge in [-0.2, -0.15) is 0 Å². The summed E-state index contributed by atoms with van der Waals surface area (Å²) in [6.45, 7) is 3.42. The number of allylic oxidation sites excluding steroid dienone is 2. The normalized spacial score (nSPS) is 11.9. The van der Waals surface area contributed by atoms with E-state index in [4.69, 9.17) is 11.1 Å². The summed E-state index contributed by atoms with van der Waals surface area (Å²) < 4.78 is 1.52. The van der Waals surface area contributed by atoms with Crippen LogP contribution in [-0.4, -0.2) is 15.3 Å². The van der Waals surface area contributed by atoms with Gasteiger partial charge in [0.15, 0.2) is 0 Å². The highest BCUT2D eigenvalue weighted by atomic mass is 16.1. The molecule has 0 aliphatic rings. The Morgan fingerprint density at radius 2 is 1.85 bits per heavy atom. The summed E-state index contributed by atoms with van der Waals surface area (Å²) in [6.07, 6.45) is 4.95. The maximum Gasteiger partial charge on any atom is 0.255 e. The highest BCUT2D eigenvalue weighted by molar-refractivity contribution is 6.21. The number of aromatic nitrogens is 2. The van der Waals surface area contributed by atoms with Crippen LogP contribution >= 0.6 is 0 Å². The summed E-state index contributed by atoms with van der Waals surface area (Å²) in [5.74, 6) is 0. The van der Waals surface area contributed by atoms with E-state index in [9.17, 15) is 4.79 Å². The highest BCUT2D eigenvalue weighted by Crippen LogP contribution is 2.17. The molecule has 0 spiro atoms. The molecule has 0 saturated carbocycles. The minimum Gasteiger partial charge on any atom is -0.402 e. The zero-order valence-corrected chi connectivity index (χ0v) is 11.4. The van der Waals surface area contributed by atoms with Crippen molar-refractivity contribution in [2.45, 2.75) is 13.8 Å². The summed E-state index contributed by atoms with van der Waals surface area (Å²) >= 11 is 0. The Hall–Kier alpha value is -2.69. The molecule has 2 rings (SSSR count). The fourth-order valence-corrected chi connectivity index (χ4v) is 2.08. The lowest BCUT2D eigenvalue weighted by atomic mass is 10.0. The van der Waals surface area contributed by atoms with E-state index in [1.54, 1.807) is 50.6 Å². The highest BCUT2D eigenvalue weighted by Gasteiger charge is 2.09. The Morgan fingerprint density at radius 1 is 1.20 bits per heavy atom. The first-order valence-corrected chi connectivity index (χ1v) is 6.16. The number of nitrogens with zero attached hydrogens (tertiary/aromatic N) is 2. The smallest absolute Gasteiger partial charge is 0.255 e. The molecule has 0 bridgehead atoms. The van der Waals surface area contributed by atoms with E-state index in [1.807, 2.05) is 0 Å². The van der Waals surface area contributed by atoms with E-state index in [2.05, 4.69) is 4.98 Å². The SMILES string of the molecule is CC(=N)/C(=C(/C)N)c1ccc(=O)n(-c2ccncc2)c1. The standard InChI is InChI=1S/C15H16N4O/c1-10(16)15(11(2)17)12-3-4-14(20)19(9-12)13-5-7-18-8-6-13/h3-9,16H,17H2,1-2H3/b15-11+,16-10?. The van der Waals surface area contributed by atoms with E-state index in [0.29, 0.717) is 17.0 Å². The second kappa shape index (κ2) is 5.52. The Labute approximate surface area is 116 Å². The Kier molecular flexibility index (Phi) is 3.79. The van der Waals surface area contributed by atoms with Gasteiger partial charge in [0.05, 0.1) is 5.69 Å². The number of rotatable bonds is 3. The van der Waals surface area contributed by atoms with Crippen LogP contribution < -0.4 is 11.3 Å². The predicted octanol–water partition coefficient (Wildman–Crippen LogP) is 1.96. The lowest BCUT2D eigenvalue weighted by Gasteiger charge is -2.11. The van der Waals surface area contributed by atoms with Gasteiger partial charge < -0.3 is 11.1 Å². The van der Waals surface area contributed by atoms with Crippen molar-refractivity contribution in [1.29, 1.82) is 5.41 Å². The van der Waals surface area contributed by atoms with Gasteiger partial charge in [-0.05, 0) is 32.0 Å². The summed E-state index contributed by atoms with van der Waals surface area (Å²) in [4.78, 5) is 15.9. The molecule has 0 saturated heterocycles. The second-order valence-corrected chi connectivity index (χ2v) is 4.51. The Morgan fingerprint density at radius 3 is 2.40 bits per heavy atom. The van der Waals surface area contributed by atoms with E-state index in [-0.39, 0.29) is 5.56 Å². The average molecular weight is 268 g/mol. The summed E-state index contributed by atoms with van der Waals surface area (Å²) in [6, 6.07) is 6.66. The molecule has 3 N–H and O–H groups in total. The van der Waals surface area contributed by atoms with Gasteiger partial charge in [-0.1, -0.05) is 0 Å². The molecule has 2 aromatic rings. The van der Waals surface area contributed by atoms with Crippen LogP contribution in [0.3, 0.4) is 0 Å². The largest absolute Gasteiger partial charge is 0.402 e. The molecule has 0 aromatic carbocycles. The van der Waals surface area contributed by atoms with Gasteiger partial charge in [0.1, 0.15) is 0 Å². The minimum atomic E-state index is -0.142. The molecule has 0 radical (unpaired) electrons. The van der Waals surface area contributed by atoms with Crippen LogP contribution in [0.4, 0.5) is 0 Å². The lowest BCUT2D eigenvalue weighted by Crippen LogP contribution is -2.18. The van der Waals surface area contributed by atoms with Crippen LogP contribution in [0.2, 0.25) is 0 Å². The molecule has 0 atom stereocenters. The quantitative estimate of drug-likeness (QED) is 0.834. The van der Waals surface area contributed by atoms with Crippen LogP contribution in [0, 0.1) is 5.41 Å². The molecular formula is C15H16N4O. The molecule has 2 aromatic heterocycles. The van der Waals surface area contributed by atoms with Crippen molar-refractivity contribution in [1.82, 2.24) is 9.55 Å². The molecule has 20 heavy (non-hydrogen) atoms. The third-order valence-electron chi connectivity index (χ3n) is 2.91. The molecule has 5 nitrogen and oxygen atoms in total. The first-order valence-electron chi connectivity index (χ1n) is 6.16. The van der Waals surface area contributed by atoms with Crippen molar-refractivity contribution >= 4 is 11.3 Å². The van der Waals surface area contributed by atoms with Crippen molar-refractivity contribution < 1.29 is 0 Å². The Bertz CT molecular complexity index is 725.